The molecule has 0 bridgehead atoms. The van der Waals surface area contributed by atoms with E-state index in [1.165, 1.54) is 6.33 Å². The Kier molecular flexibility index (Phi) is 6.52. The smallest absolute Gasteiger partial charge is 0.254 e. The number of likely N-dealkylation sites (tertiary alicyclic amines) is 1. The predicted molar refractivity (Wildman–Crippen MR) is 113 cm³/mol. The van der Waals surface area contributed by atoms with E-state index in [1.54, 1.807) is 11.8 Å². The van der Waals surface area contributed by atoms with E-state index in [4.69, 9.17) is 4.74 Å². The fraction of sp³-hybridized carbons (Fsp3) is 0.571. The van der Waals surface area contributed by atoms with E-state index in [1.807, 2.05) is 24.3 Å². The molecule has 2 fully saturated rings. The number of amides is 1. The number of carbonyl (C=O) groups is 1. The van der Waals surface area contributed by atoms with Gasteiger partial charge in [-0.15, -0.1) is 0 Å². The zero-order valence-corrected chi connectivity index (χ0v) is 17.9. The molecule has 1 N–H and O–H groups in total. The van der Waals surface area contributed by atoms with Crippen LogP contribution in [-0.2, 0) is 10.5 Å². The molecule has 3 heterocycles. The van der Waals surface area contributed by atoms with Crippen molar-refractivity contribution in [1.82, 2.24) is 25.0 Å². The van der Waals surface area contributed by atoms with Gasteiger partial charge in [-0.25, -0.2) is 4.98 Å². The third kappa shape index (κ3) is 5.18. The van der Waals surface area contributed by atoms with Crippen LogP contribution in [0, 0.1) is 0 Å². The van der Waals surface area contributed by atoms with Crippen molar-refractivity contribution in [2.24, 2.45) is 0 Å². The lowest BCUT2D eigenvalue weighted by molar-refractivity contribution is -0.0715. The van der Waals surface area contributed by atoms with E-state index >= 15 is 0 Å². The van der Waals surface area contributed by atoms with Crippen LogP contribution in [0.5, 0.6) is 0 Å². The van der Waals surface area contributed by atoms with Crippen molar-refractivity contribution in [3.05, 3.63) is 41.7 Å². The Labute approximate surface area is 176 Å². The molecule has 2 saturated heterocycles. The summed E-state index contributed by atoms with van der Waals surface area (Å²) in [7, 11) is 0. The number of rotatable bonds is 6. The van der Waals surface area contributed by atoms with E-state index in [9.17, 15) is 4.79 Å². The summed E-state index contributed by atoms with van der Waals surface area (Å²) in [6.07, 6.45) is 4.18. The zero-order valence-electron chi connectivity index (χ0n) is 17.1. The van der Waals surface area contributed by atoms with E-state index in [2.05, 4.69) is 38.8 Å². The van der Waals surface area contributed by atoms with Crippen molar-refractivity contribution in [2.45, 2.75) is 55.8 Å². The molecule has 0 spiro atoms. The molecule has 4 rings (SSSR count). The summed E-state index contributed by atoms with van der Waals surface area (Å²) < 4.78 is 5.85. The largest absolute Gasteiger partial charge is 0.373 e. The summed E-state index contributed by atoms with van der Waals surface area (Å²) in [5, 5.41) is 7.51. The lowest BCUT2D eigenvalue weighted by Gasteiger charge is -2.38. The van der Waals surface area contributed by atoms with Crippen LogP contribution >= 0.6 is 11.8 Å². The van der Waals surface area contributed by atoms with Gasteiger partial charge < -0.3 is 9.64 Å². The molecule has 8 heteroatoms. The number of aromatic nitrogens is 3. The Balaban J connectivity index is 1.35. The molecular weight excluding hydrogens is 386 g/mol. The SMILES string of the molecule is CC1CN(CC2CCCN2C(=O)c2ccc(CSc3ncn[nH]3)cc2)CC(C)O1. The van der Waals surface area contributed by atoms with Gasteiger partial charge in [-0.05, 0) is 44.4 Å². The molecule has 2 aromatic rings. The van der Waals surface area contributed by atoms with Crippen molar-refractivity contribution in [3.63, 3.8) is 0 Å². The van der Waals surface area contributed by atoms with Crippen LogP contribution in [0.4, 0.5) is 0 Å². The highest BCUT2D eigenvalue weighted by atomic mass is 32.2. The van der Waals surface area contributed by atoms with Gasteiger partial charge in [0.1, 0.15) is 6.33 Å². The third-order valence-corrected chi connectivity index (χ3v) is 6.52. The number of hydrogen-bond acceptors (Lipinski definition) is 6. The summed E-state index contributed by atoms with van der Waals surface area (Å²) in [6, 6.07) is 8.27. The van der Waals surface area contributed by atoms with Crippen LogP contribution in [0.1, 0.15) is 42.6 Å². The minimum atomic E-state index is 0.149. The molecule has 0 radical (unpaired) electrons. The number of aromatic amines is 1. The van der Waals surface area contributed by atoms with Gasteiger partial charge in [0.25, 0.3) is 5.91 Å². The molecule has 0 aliphatic carbocycles. The van der Waals surface area contributed by atoms with E-state index in [0.717, 1.165) is 61.1 Å². The molecule has 0 saturated carbocycles. The minimum Gasteiger partial charge on any atom is -0.373 e. The topological polar surface area (TPSA) is 74.4 Å². The van der Waals surface area contributed by atoms with Crippen LogP contribution in [-0.4, -0.2) is 75.3 Å². The van der Waals surface area contributed by atoms with Gasteiger partial charge in [-0.1, -0.05) is 23.9 Å². The van der Waals surface area contributed by atoms with Gasteiger partial charge in [0.15, 0.2) is 5.16 Å². The maximum atomic E-state index is 13.1. The number of thioether (sulfide) groups is 1. The number of ether oxygens (including phenoxy) is 1. The average Bonchev–Trinajstić information content (AvgIpc) is 3.37. The molecule has 29 heavy (non-hydrogen) atoms. The van der Waals surface area contributed by atoms with Gasteiger partial charge >= 0.3 is 0 Å². The van der Waals surface area contributed by atoms with Crippen LogP contribution in [0.15, 0.2) is 35.7 Å². The lowest BCUT2D eigenvalue weighted by atomic mass is 10.1. The summed E-state index contributed by atoms with van der Waals surface area (Å²) in [4.78, 5) is 21.8. The second-order valence-electron chi connectivity index (χ2n) is 8.05. The van der Waals surface area contributed by atoms with E-state index in [-0.39, 0.29) is 18.1 Å². The first-order valence-corrected chi connectivity index (χ1v) is 11.3. The van der Waals surface area contributed by atoms with Gasteiger partial charge in [0.05, 0.1) is 12.2 Å². The number of carbonyl (C=O) groups excluding carboxylic acids is 1. The monoisotopic (exact) mass is 415 g/mol. The van der Waals surface area contributed by atoms with Crippen molar-refractivity contribution >= 4 is 17.7 Å². The van der Waals surface area contributed by atoms with Crippen LogP contribution < -0.4 is 0 Å². The normalized spacial score (nSPS) is 25.4. The number of H-pyrrole nitrogens is 1. The summed E-state index contributed by atoms with van der Waals surface area (Å²) >= 11 is 1.60. The van der Waals surface area contributed by atoms with Crippen molar-refractivity contribution < 1.29 is 9.53 Å². The van der Waals surface area contributed by atoms with Crippen molar-refractivity contribution in [3.8, 4) is 0 Å². The molecule has 3 unspecified atom stereocenters. The van der Waals surface area contributed by atoms with E-state index < -0.39 is 0 Å². The molecule has 3 atom stereocenters. The Morgan fingerprint density at radius 2 is 2.00 bits per heavy atom. The molecule has 1 aromatic carbocycles. The first-order valence-electron chi connectivity index (χ1n) is 10.3. The highest BCUT2D eigenvalue weighted by Crippen LogP contribution is 2.24. The molecular formula is C21H29N5O2S. The highest BCUT2D eigenvalue weighted by Gasteiger charge is 2.32. The molecule has 2 aliphatic heterocycles. The summed E-state index contributed by atoms with van der Waals surface area (Å²) in [5.41, 5.74) is 1.94. The van der Waals surface area contributed by atoms with Gasteiger partial charge in [0.2, 0.25) is 0 Å². The maximum absolute atomic E-state index is 13.1. The number of benzene rings is 1. The Bertz CT molecular complexity index is 788. The van der Waals surface area contributed by atoms with Gasteiger partial charge in [-0.3, -0.25) is 14.8 Å². The zero-order chi connectivity index (χ0) is 20.2. The number of morpholine rings is 1. The molecule has 2 aliphatic rings. The Morgan fingerprint density at radius 1 is 1.24 bits per heavy atom. The molecule has 156 valence electrons. The summed E-state index contributed by atoms with van der Waals surface area (Å²) in [5.74, 6) is 0.944. The minimum absolute atomic E-state index is 0.149. The predicted octanol–water partition coefficient (Wildman–Crippen LogP) is 2.81. The van der Waals surface area contributed by atoms with Crippen molar-refractivity contribution in [1.29, 1.82) is 0 Å². The van der Waals surface area contributed by atoms with E-state index in [0.29, 0.717) is 6.04 Å². The number of nitrogens with one attached hydrogen (secondary N) is 1. The maximum Gasteiger partial charge on any atom is 0.254 e. The van der Waals surface area contributed by atoms with Crippen LogP contribution in [0.3, 0.4) is 0 Å². The second kappa shape index (κ2) is 9.28. The lowest BCUT2D eigenvalue weighted by Crippen LogP contribution is -2.50. The molecule has 1 amide bonds. The Morgan fingerprint density at radius 3 is 2.69 bits per heavy atom. The van der Waals surface area contributed by atoms with Crippen LogP contribution in [0.25, 0.3) is 0 Å². The first-order chi connectivity index (χ1) is 14.1. The highest BCUT2D eigenvalue weighted by molar-refractivity contribution is 7.98. The quantitative estimate of drug-likeness (QED) is 0.732. The van der Waals surface area contributed by atoms with Gasteiger partial charge in [-0.2, -0.15) is 5.10 Å². The van der Waals surface area contributed by atoms with Crippen molar-refractivity contribution in [2.75, 3.05) is 26.2 Å². The second-order valence-corrected chi connectivity index (χ2v) is 9.01. The fourth-order valence-corrected chi connectivity index (χ4v) is 5.08. The number of hydrogen-bond donors (Lipinski definition) is 1. The molecule has 7 nitrogen and oxygen atoms in total. The number of nitrogens with zero attached hydrogens (tertiary/aromatic N) is 4. The first kappa shape index (κ1) is 20.4. The summed E-state index contributed by atoms with van der Waals surface area (Å²) in [6.45, 7) is 7.93. The Hall–Kier alpha value is -1.90. The fourth-order valence-electron chi connectivity index (χ4n) is 4.35. The molecule has 1 aromatic heterocycles. The average molecular weight is 416 g/mol. The third-order valence-electron chi connectivity index (χ3n) is 5.57. The van der Waals surface area contributed by atoms with Crippen LogP contribution in [0.2, 0.25) is 0 Å². The van der Waals surface area contributed by atoms with Gasteiger partial charge in [0, 0.05) is 43.5 Å². The standard InChI is InChI=1S/C21H29N5O2S/c1-15-10-25(11-16(2)28-15)12-19-4-3-9-26(19)20(27)18-7-5-17(6-8-18)13-29-21-22-14-23-24-21/h5-8,14-16,19H,3-4,9-13H2,1-2H3,(H,22,23,24).